The third kappa shape index (κ3) is 5.60. The van der Waals surface area contributed by atoms with E-state index in [1.165, 1.54) is 0 Å². The third-order valence-corrected chi connectivity index (χ3v) is 1.85. The number of nitrogens with two attached hydrogens (primary N) is 1. The molecule has 2 N–H and O–H groups in total. The highest BCUT2D eigenvalue weighted by Crippen LogP contribution is 2.15. The van der Waals surface area contributed by atoms with Crippen LogP contribution in [0.15, 0.2) is 6.07 Å². The second kappa shape index (κ2) is 5.92. The third-order valence-electron chi connectivity index (χ3n) is 1.85. The van der Waals surface area contributed by atoms with Gasteiger partial charge < -0.3 is 10.5 Å². The Bertz CT molecular complexity index is 368. The van der Waals surface area contributed by atoms with Gasteiger partial charge in [0.25, 0.3) is 0 Å². The summed E-state index contributed by atoms with van der Waals surface area (Å²) in [5, 5.41) is 0. The first kappa shape index (κ1) is 13.9. The first-order valence-electron chi connectivity index (χ1n) is 5.08. The first-order chi connectivity index (χ1) is 7.90. The van der Waals surface area contributed by atoms with Gasteiger partial charge in [0.1, 0.15) is 13.2 Å². The van der Waals surface area contributed by atoms with Crippen molar-refractivity contribution >= 4 is 0 Å². The minimum Gasteiger partial charge on any atom is -0.364 e. The quantitative estimate of drug-likeness (QED) is 0.856. The number of aryl methyl sites for hydroxylation is 1. The van der Waals surface area contributed by atoms with Crippen LogP contribution in [0.1, 0.15) is 17.2 Å². The van der Waals surface area contributed by atoms with Gasteiger partial charge >= 0.3 is 6.18 Å². The van der Waals surface area contributed by atoms with Gasteiger partial charge in [0.2, 0.25) is 0 Å². The average molecular weight is 249 g/mol. The van der Waals surface area contributed by atoms with Crippen LogP contribution in [0.4, 0.5) is 13.2 Å². The number of nitrogens with zero attached hydrogens (tertiary/aromatic N) is 2. The van der Waals surface area contributed by atoms with Crippen molar-refractivity contribution in [3.63, 3.8) is 0 Å². The minimum absolute atomic E-state index is 0.248. The Morgan fingerprint density at radius 3 is 2.65 bits per heavy atom. The first-order valence-corrected chi connectivity index (χ1v) is 5.08. The molecule has 17 heavy (non-hydrogen) atoms. The Kier molecular flexibility index (Phi) is 4.83. The van der Waals surface area contributed by atoms with E-state index in [2.05, 4.69) is 14.7 Å². The molecule has 1 heterocycles. The van der Waals surface area contributed by atoms with Gasteiger partial charge in [-0.3, -0.25) is 0 Å². The molecule has 1 aromatic heterocycles. The molecule has 7 heteroatoms. The average Bonchev–Trinajstić information content (AvgIpc) is 2.15. The summed E-state index contributed by atoms with van der Waals surface area (Å²) in [5.74, 6) is 0.248. The van der Waals surface area contributed by atoms with E-state index in [0.29, 0.717) is 24.4 Å². The van der Waals surface area contributed by atoms with Crippen molar-refractivity contribution in [3.05, 3.63) is 23.3 Å². The Labute approximate surface area is 97.0 Å². The second-order valence-corrected chi connectivity index (χ2v) is 3.56. The highest BCUT2D eigenvalue weighted by molar-refractivity contribution is 5.10. The number of hydrogen-bond donors (Lipinski definition) is 1. The summed E-state index contributed by atoms with van der Waals surface area (Å²) >= 11 is 0. The SMILES string of the molecule is Cc1cc(CCN)nc(COCC(F)(F)F)n1. The van der Waals surface area contributed by atoms with E-state index in [9.17, 15) is 13.2 Å². The van der Waals surface area contributed by atoms with Gasteiger partial charge in [-0.05, 0) is 19.5 Å². The maximum atomic E-state index is 11.9. The molecule has 1 rings (SSSR count). The Morgan fingerprint density at radius 1 is 1.35 bits per heavy atom. The van der Waals surface area contributed by atoms with E-state index in [1.54, 1.807) is 13.0 Å². The zero-order valence-electron chi connectivity index (χ0n) is 9.42. The van der Waals surface area contributed by atoms with Crippen molar-refractivity contribution in [3.8, 4) is 0 Å². The molecule has 0 aliphatic rings. The molecule has 0 amide bonds. The second-order valence-electron chi connectivity index (χ2n) is 3.56. The van der Waals surface area contributed by atoms with Gasteiger partial charge in [-0.2, -0.15) is 13.2 Å². The molecule has 0 spiro atoms. The molecule has 0 atom stereocenters. The predicted molar refractivity (Wildman–Crippen MR) is 55.2 cm³/mol. The predicted octanol–water partition coefficient (Wildman–Crippen LogP) is 1.37. The van der Waals surface area contributed by atoms with Gasteiger partial charge in [0.15, 0.2) is 5.82 Å². The lowest BCUT2D eigenvalue weighted by Gasteiger charge is -2.08. The van der Waals surface area contributed by atoms with E-state index in [1.807, 2.05) is 0 Å². The fourth-order valence-electron chi connectivity index (χ4n) is 1.30. The summed E-state index contributed by atoms with van der Waals surface area (Å²) in [6.07, 6.45) is -3.76. The molecule has 0 saturated carbocycles. The van der Waals surface area contributed by atoms with Crippen molar-refractivity contribution in [2.45, 2.75) is 26.1 Å². The van der Waals surface area contributed by atoms with Gasteiger partial charge in [-0.25, -0.2) is 9.97 Å². The van der Waals surface area contributed by atoms with Gasteiger partial charge in [-0.15, -0.1) is 0 Å². The maximum Gasteiger partial charge on any atom is 0.411 e. The van der Waals surface area contributed by atoms with Crippen LogP contribution in [0, 0.1) is 6.92 Å². The molecule has 1 aromatic rings. The van der Waals surface area contributed by atoms with E-state index in [-0.39, 0.29) is 12.4 Å². The highest BCUT2D eigenvalue weighted by atomic mass is 19.4. The van der Waals surface area contributed by atoms with Gasteiger partial charge in [0.05, 0.1) is 0 Å². The van der Waals surface area contributed by atoms with Crippen LogP contribution in [0.25, 0.3) is 0 Å². The molecular formula is C10H14F3N3O. The largest absolute Gasteiger partial charge is 0.411 e. The van der Waals surface area contributed by atoms with Gasteiger partial charge in [-0.1, -0.05) is 0 Å². The van der Waals surface area contributed by atoms with Crippen molar-refractivity contribution < 1.29 is 17.9 Å². The summed E-state index contributed by atoms with van der Waals surface area (Å²) in [5.41, 5.74) is 6.78. The van der Waals surface area contributed by atoms with Crippen LogP contribution in [0.3, 0.4) is 0 Å². The molecule has 0 aliphatic heterocycles. The van der Waals surface area contributed by atoms with Crippen LogP contribution in [0.5, 0.6) is 0 Å². The Balaban J connectivity index is 2.58. The minimum atomic E-state index is -4.33. The zero-order valence-corrected chi connectivity index (χ0v) is 9.42. The number of ether oxygens (including phenoxy) is 1. The van der Waals surface area contributed by atoms with Crippen LogP contribution in [-0.2, 0) is 17.8 Å². The van der Waals surface area contributed by atoms with E-state index < -0.39 is 12.8 Å². The topological polar surface area (TPSA) is 61.0 Å². The Hall–Kier alpha value is -1.21. The summed E-state index contributed by atoms with van der Waals surface area (Å²) < 4.78 is 40.1. The lowest BCUT2D eigenvalue weighted by molar-refractivity contribution is -0.177. The van der Waals surface area contributed by atoms with E-state index >= 15 is 0 Å². The normalized spacial score (nSPS) is 11.8. The molecule has 96 valence electrons. The van der Waals surface area contributed by atoms with Crippen molar-refractivity contribution in [1.82, 2.24) is 9.97 Å². The van der Waals surface area contributed by atoms with E-state index in [0.717, 1.165) is 0 Å². The molecule has 0 bridgehead atoms. The number of rotatable bonds is 5. The number of halogens is 3. The van der Waals surface area contributed by atoms with Crippen LogP contribution < -0.4 is 5.73 Å². The van der Waals surface area contributed by atoms with Crippen LogP contribution >= 0.6 is 0 Å². The van der Waals surface area contributed by atoms with Crippen LogP contribution in [0.2, 0.25) is 0 Å². The molecule has 0 aromatic carbocycles. The monoisotopic (exact) mass is 249 g/mol. The smallest absolute Gasteiger partial charge is 0.364 e. The van der Waals surface area contributed by atoms with E-state index in [4.69, 9.17) is 5.73 Å². The maximum absolute atomic E-state index is 11.9. The lowest BCUT2D eigenvalue weighted by Crippen LogP contribution is -2.17. The summed E-state index contributed by atoms with van der Waals surface area (Å²) in [6.45, 7) is 0.629. The molecule has 0 saturated heterocycles. The molecule has 4 nitrogen and oxygen atoms in total. The molecule has 0 fully saturated rings. The summed E-state index contributed by atoms with van der Waals surface area (Å²) in [7, 11) is 0. The lowest BCUT2D eigenvalue weighted by atomic mass is 10.2. The van der Waals surface area contributed by atoms with Crippen molar-refractivity contribution in [1.29, 1.82) is 0 Å². The number of aromatic nitrogens is 2. The van der Waals surface area contributed by atoms with Crippen molar-refractivity contribution in [2.24, 2.45) is 5.73 Å². The van der Waals surface area contributed by atoms with Gasteiger partial charge in [0, 0.05) is 17.8 Å². The van der Waals surface area contributed by atoms with Crippen LogP contribution in [-0.4, -0.2) is 29.3 Å². The Morgan fingerprint density at radius 2 is 2.06 bits per heavy atom. The zero-order chi connectivity index (χ0) is 12.9. The molecular weight excluding hydrogens is 235 g/mol. The summed E-state index contributed by atoms with van der Waals surface area (Å²) in [4.78, 5) is 8.05. The van der Waals surface area contributed by atoms with Crippen molar-refractivity contribution in [2.75, 3.05) is 13.2 Å². The molecule has 0 radical (unpaired) electrons. The fourth-order valence-corrected chi connectivity index (χ4v) is 1.30. The molecule has 0 unspecified atom stereocenters. The highest BCUT2D eigenvalue weighted by Gasteiger charge is 2.27. The fraction of sp³-hybridized carbons (Fsp3) is 0.600. The standard InChI is InChI=1S/C10H14F3N3O/c1-7-4-8(2-3-14)16-9(15-7)5-17-6-10(11,12)13/h4H,2-3,5-6,14H2,1H3. The number of alkyl halides is 3. The number of hydrogen-bond acceptors (Lipinski definition) is 4. The molecule has 0 aliphatic carbocycles. The summed E-state index contributed by atoms with van der Waals surface area (Å²) in [6, 6.07) is 1.75.